The van der Waals surface area contributed by atoms with Crippen LogP contribution in [-0.2, 0) is 9.31 Å². The predicted molar refractivity (Wildman–Crippen MR) is 41.6 cm³/mol. The molecule has 0 heterocycles. The molecule has 0 bridgehead atoms. The van der Waals surface area contributed by atoms with Gasteiger partial charge in [-0.3, -0.25) is 0 Å². The van der Waals surface area contributed by atoms with E-state index in [0.29, 0.717) is 0 Å². The van der Waals surface area contributed by atoms with Crippen LogP contribution in [0.2, 0.25) is 0 Å². The smallest absolute Gasteiger partial charge is 0.410 e. The van der Waals surface area contributed by atoms with E-state index < -0.39 is 0 Å². The van der Waals surface area contributed by atoms with E-state index >= 15 is 0 Å². The highest BCUT2D eigenvalue weighted by Crippen LogP contribution is 2.13. The van der Waals surface area contributed by atoms with Crippen molar-refractivity contribution in [3.05, 3.63) is 23.7 Å². The van der Waals surface area contributed by atoms with E-state index in [4.69, 9.17) is 9.31 Å². The first-order chi connectivity index (χ1) is 4.88. The first-order valence-electron chi connectivity index (χ1n) is 3.29. The van der Waals surface area contributed by atoms with Crippen LogP contribution in [0.15, 0.2) is 23.7 Å². The zero-order valence-electron chi connectivity index (χ0n) is 6.33. The molecule has 0 N–H and O–H groups in total. The van der Waals surface area contributed by atoms with Crippen LogP contribution < -0.4 is 0 Å². The molecule has 0 aromatic rings. The van der Waals surface area contributed by atoms with Crippen LogP contribution in [0.3, 0.4) is 0 Å². The molecule has 1 aliphatic rings. The molecule has 0 aromatic heterocycles. The summed E-state index contributed by atoms with van der Waals surface area (Å²) in [4.78, 5) is 0. The van der Waals surface area contributed by atoms with Crippen LogP contribution in [0, 0.1) is 0 Å². The topological polar surface area (TPSA) is 18.5 Å². The van der Waals surface area contributed by atoms with Crippen molar-refractivity contribution in [3.8, 4) is 0 Å². The minimum Gasteiger partial charge on any atom is -0.410 e. The van der Waals surface area contributed by atoms with Crippen molar-refractivity contribution in [1.82, 2.24) is 0 Å². The highest BCUT2D eigenvalue weighted by atomic mass is 16.6. The summed E-state index contributed by atoms with van der Waals surface area (Å²) in [6, 6.07) is 0. The number of rotatable bonds is 3. The van der Waals surface area contributed by atoms with Crippen molar-refractivity contribution in [2.45, 2.75) is 6.42 Å². The van der Waals surface area contributed by atoms with Crippen LogP contribution in [0.5, 0.6) is 0 Å². The first kappa shape index (κ1) is 7.57. The van der Waals surface area contributed by atoms with Crippen LogP contribution >= 0.6 is 0 Å². The minimum atomic E-state index is -0.157. The SMILES string of the molecule is COB(OC)C1=CC=CC1. The fourth-order valence-electron chi connectivity index (χ4n) is 1.04. The molecule has 1 aliphatic carbocycles. The number of hydrogen-bond acceptors (Lipinski definition) is 2. The Morgan fingerprint density at radius 1 is 1.40 bits per heavy atom. The number of allylic oxidation sites excluding steroid dienone is 4. The van der Waals surface area contributed by atoms with Gasteiger partial charge in [0.2, 0.25) is 0 Å². The Balaban J connectivity index is 2.47. The fourth-order valence-corrected chi connectivity index (χ4v) is 1.04. The quantitative estimate of drug-likeness (QED) is 0.545. The van der Waals surface area contributed by atoms with Crippen LogP contribution in [0.25, 0.3) is 0 Å². The van der Waals surface area contributed by atoms with E-state index in [1.807, 2.05) is 12.2 Å². The lowest BCUT2D eigenvalue weighted by Gasteiger charge is -2.07. The van der Waals surface area contributed by atoms with Gasteiger partial charge < -0.3 is 9.31 Å². The first-order valence-corrected chi connectivity index (χ1v) is 3.29. The van der Waals surface area contributed by atoms with E-state index in [0.717, 1.165) is 6.42 Å². The second-order valence-corrected chi connectivity index (χ2v) is 2.18. The van der Waals surface area contributed by atoms with Gasteiger partial charge >= 0.3 is 7.12 Å². The van der Waals surface area contributed by atoms with Gasteiger partial charge in [-0.15, -0.1) is 0 Å². The third kappa shape index (κ3) is 1.49. The second kappa shape index (κ2) is 3.59. The maximum absolute atomic E-state index is 5.05. The lowest BCUT2D eigenvalue weighted by Crippen LogP contribution is -2.21. The van der Waals surface area contributed by atoms with Crippen LogP contribution in [-0.4, -0.2) is 21.3 Å². The van der Waals surface area contributed by atoms with Crippen LogP contribution in [0.4, 0.5) is 0 Å². The zero-order chi connectivity index (χ0) is 7.40. The molecular weight excluding hydrogens is 127 g/mol. The Labute approximate surface area is 61.7 Å². The monoisotopic (exact) mass is 138 g/mol. The van der Waals surface area contributed by atoms with E-state index in [1.54, 1.807) is 14.2 Å². The summed E-state index contributed by atoms with van der Waals surface area (Å²) in [5.74, 6) is 0. The molecule has 0 unspecified atom stereocenters. The summed E-state index contributed by atoms with van der Waals surface area (Å²) in [6.45, 7) is 0. The fraction of sp³-hybridized carbons (Fsp3) is 0.429. The molecule has 0 radical (unpaired) electrons. The van der Waals surface area contributed by atoms with Crippen molar-refractivity contribution in [1.29, 1.82) is 0 Å². The van der Waals surface area contributed by atoms with E-state index in [2.05, 4.69) is 6.08 Å². The van der Waals surface area contributed by atoms with Gasteiger partial charge in [-0.05, 0) is 11.9 Å². The van der Waals surface area contributed by atoms with Gasteiger partial charge in [0.05, 0.1) is 0 Å². The minimum absolute atomic E-state index is 0.157. The van der Waals surface area contributed by atoms with E-state index in [9.17, 15) is 0 Å². The summed E-state index contributed by atoms with van der Waals surface area (Å²) in [5, 5.41) is 0. The highest BCUT2D eigenvalue weighted by molar-refractivity contribution is 6.53. The van der Waals surface area contributed by atoms with Gasteiger partial charge in [0.15, 0.2) is 0 Å². The average molecular weight is 138 g/mol. The van der Waals surface area contributed by atoms with Crippen LogP contribution in [0.1, 0.15) is 6.42 Å². The summed E-state index contributed by atoms with van der Waals surface area (Å²) in [5.41, 5.74) is 1.19. The lowest BCUT2D eigenvalue weighted by molar-refractivity contribution is 0.286. The average Bonchev–Trinajstić information content (AvgIpc) is 2.43. The van der Waals surface area contributed by atoms with Crippen molar-refractivity contribution >= 4 is 7.12 Å². The molecule has 0 saturated carbocycles. The molecule has 1 rings (SSSR count). The summed E-state index contributed by atoms with van der Waals surface area (Å²) >= 11 is 0. The van der Waals surface area contributed by atoms with Crippen molar-refractivity contribution in [2.24, 2.45) is 0 Å². The summed E-state index contributed by atoms with van der Waals surface area (Å²) in [6.07, 6.45) is 7.07. The molecule has 0 aliphatic heterocycles. The Morgan fingerprint density at radius 3 is 2.50 bits per heavy atom. The lowest BCUT2D eigenvalue weighted by atomic mass is 9.77. The molecule has 10 heavy (non-hydrogen) atoms. The third-order valence-electron chi connectivity index (χ3n) is 1.53. The van der Waals surface area contributed by atoms with Crippen molar-refractivity contribution < 1.29 is 9.31 Å². The van der Waals surface area contributed by atoms with E-state index in [1.165, 1.54) is 5.47 Å². The Bertz CT molecular complexity index is 159. The third-order valence-corrected chi connectivity index (χ3v) is 1.53. The molecule has 0 atom stereocenters. The maximum atomic E-state index is 5.05. The van der Waals surface area contributed by atoms with Gasteiger partial charge in [-0.25, -0.2) is 0 Å². The Hall–Kier alpha value is -0.535. The molecule has 0 fully saturated rings. The van der Waals surface area contributed by atoms with Gasteiger partial charge in [-0.2, -0.15) is 0 Å². The summed E-state index contributed by atoms with van der Waals surface area (Å²) < 4.78 is 10.1. The molecule has 54 valence electrons. The van der Waals surface area contributed by atoms with Crippen molar-refractivity contribution in [2.75, 3.05) is 14.2 Å². The standard InChI is InChI=1S/C7H11BO2/c1-9-8(10-2)7-5-3-4-6-7/h3-5H,6H2,1-2H3. The largest absolute Gasteiger partial charge is 0.489 e. The summed E-state index contributed by atoms with van der Waals surface area (Å²) in [7, 11) is 3.13. The molecule has 0 aromatic carbocycles. The molecular formula is C7H11BO2. The Morgan fingerprint density at radius 2 is 2.10 bits per heavy atom. The second-order valence-electron chi connectivity index (χ2n) is 2.18. The Kier molecular flexibility index (Phi) is 2.72. The highest BCUT2D eigenvalue weighted by Gasteiger charge is 2.20. The van der Waals surface area contributed by atoms with Gasteiger partial charge in [0.1, 0.15) is 0 Å². The van der Waals surface area contributed by atoms with Crippen molar-refractivity contribution in [3.63, 3.8) is 0 Å². The van der Waals surface area contributed by atoms with Gasteiger partial charge in [0.25, 0.3) is 0 Å². The van der Waals surface area contributed by atoms with Gasteiger partial charge in [0, 0.05) is 14.2 Å². The maximum Gasteiger partial charge on any atom is 0.489 e. The van der Waals surface area contributed by atoms with Gasteiger partial charge in [-0.1, -0.05) is 18.2 Å². The molecule has 0 amide bonds. The van der Waals surface area contributed by atoms with E-state index in [-0.39, 0.29) is 7.12 Å². The normalized spacial score (nSPS) is 15.6. The molecule has 3 heteroatoms. The molecule has 0 saturated heterocycles. The number of hydrogen-bond donors (Lipinski definition) is 0. The molecule has 0 spiro atoms. The molecule has 2 nitrogen and oxygen atoms in total. The predicted octanol–water partition coefficient (Wildman–Crippen LogP) is 1.19. The zero-order valence-corrected chi connectivity index (χ0v) is 6.33.